The molecule has 18 heavy (non-hydrogen) atoms. The predicted molar refractivity (Wildman–Crippen MR) is 68.7 cm³/mol. The third-order valence-electron chi connectivity index (χ3n) is 3.32. The van der Waals surface area contributed by atoms with Crippen LogP contribution in [0.2, 0.25) is 0 Å². The molecule has 1 atom stereocenters. The number of sulfone groups is 1. The minimum Gasteiger partial charge on any atom is -0.314 e. The van der Waals surface area contributed by atoms with Crippen LogP contribution >= 0.6 is 0 Å². The Morgan fingerprint density at radius 2 is 1.94 bits per heavy atom. The zero-order valence-corrected chi connectivity index (χ0v) is 11.0. The fourth-order valence-corrected chi connectivity index (χ4v) is 3.61. The van der Waals surface area contributed by atoms with Crippen LogP contribution in [-0.4, -0.2) is 26.8 Å². The molecule has 1 saturated heterocycles. The van der Waals surface area contributed by atoms with Gasteiger partial charge in [-0.3, -0.25) is 0 Å². The number of hydrogen-bond acceptors (Lipinski definition) is 3. The molecule has 0 bridgehead atoms. The fourth-order valence-electron chi connectivity index (χ4n) is 2.23. The summed E-state index contributed by atoms with van der Waals surface area (Å²) in [6.45, 7) is 0.973. The van der Waals surface area contributed by atoms with Crippen molar-refractivity contribution in [1.29, 1.82) is 0 Å². The highest BCUT2D eigenvalue weighted by Gasteiger charge is 2.19. The highest BCUT2D eigenvalue weighted by atomic mass is 32.2. The highest BCUT2D eigenvalue weighted by molar-refractivity contribution is 7.91. The molecule has 1 heterocycles. The topological polar surface area (TPSA) is 46.2 Å². The minimum absolute atomic E-state index is 0.121. The standard InChI is InChI=1S/C13H18FNO2S/c14-11-4-6-13(7-5-11)18(16,17)10-8-12-3-1-2-9-15-12/h4-7,12,15H,1-3,8-10H2. The number of rotatable bonds is 4. The molecule has 1 N–H and O–H groups in total. The van der Waals surface area contributed by atoms with E-state index in [9.17, 15) is 12.8 Å². The summed E-state index contributed by atoms with van der Waals surface area (Å²) in [4.78, 5) is 0.208. The molecule has 0 aliphatic carbocycles. The average molecular weight is 271 g/mol. The van der Waals surface area contributed by atoms with E-state index in [4.69, 9.17) is 0 Å². The molecule has 5 heteroatoms. The quantitative estimate of drug-likeness (QED) is 0.853. The predicted octanol–water partition coefficient (Wildman–Crippen LogP) is 2.13. The molecule has 0 spiro atoms. The number of benzene rings is 1. The lowest BCUT2D eigenvalue weighted by molar-refractivity contribution is 0.392. The van der Waals surface area contributed by atoms with E-state index in [0.29, 0.717) is 12.5 Å². The zero-order chi connectivity index (χ0) is 13.0. The molecule has 1 aromatic carbocycles. The SMILES string of the molecule is O=S(=O)(CCC1CCCCN1)c1ccc(F)cc1. The van der Waals surface area contributed by atoms with Gasteiger partial charge in [0.25, 0.3) is 0 Å². The molecular weight excluding hydrogens is 253 g/mol. The number of nitrogens with one attached hydrogen (secondary N) is 1. The zero-order valence-electron chi connectivity index (χ0n) is 10.2. The van der Waals surface area contributed by atoms with Crippen LogP contribution in [-0.2, 0) is 9.84 Å². The van der Waals surface area contributed by atoms with E-state index in [2.05, 4.69) is 5.32 Å². The summed E-state index contributed by atoms with van der Waals surface area (Å²) in [5.74, 6) is -0.293. The van der Waals surface area contributed by atoms with Crippen molar-refractivity contribution in [2.45, 2.75) is 36.6 Å². The molecule has 0 amide bonds. The van der Waals surface area contributed by atoms with Crippen LogP contribution in [0.1, 0.15) is 25.7 Å². The van der Waals surface area contributed by atoms with Crippen LogP contribution < -0.4 is 5.32 Å². The van der Waals surface area contributed by atoms with Crippen molar-refractivity contribution in [3.63, 3.8) is 0 Å². The summed E-state index contributed by atoms with van der Waals surface area (Å²) in [5, 5.41) is 3.33. The molecule has 0 radical (unpaired) electrons. The first-order chi connectivity index (χ1) is 8.58. The van der Waals surface area contributed by atoms with Crippen LogP contribution in [0.4, 0.5) is 4.39 Å². The first-order valence-electron chi connectivity index (χ1n) is 6.30. The molecule has 1 unspecified atom stereocenters. The Morgan fingerprint density at radius 3 is 2.56 bits per heavy atom. The van der Waals surface area contributed by atoms with Gasteiger partial charge in [0.05, 0.1) is 10.6 Å². The van der Waals surface area contributed by atoms with E-state index >= 15 is 0 Å². The van der Waals surface area contributed by atoms with E-state index in [-0.39, 0.29) is 10.6 Å². The van der Waals surface area contributed by atoms with Gasteiger partial charge in [0.15, 0.2) is 9.84 Å². The maximum atomic E-state index is 12.7. The number of halogens is 1. The van der Waals surface area contributed by atoms with Crippen molar-refractivity contribution in [2.24, 2.45) is 0 Å². The monoisotopic (exact) mass is 271 g/mol. The lowest BCUT2D eigenvalue weighted by atomic mass is 10.0. The van der Waals surface area contributed by atoms with Crippen LogP contribution in [0.15, 0.2) is 29.2 Å². The summed E-state index contributed by atoms with van der Waals surface area (Å²) >= 11 is 0. The molecular formula is C13H18FNO2S. The highest BCUT2D eigenvalue weighted by Crippen LogP contribution is 2.16. The fraction of sp³-hybridized carbons (Fsp3) is 0.538. The smallest absolute Gasteiger partial charge is 0.178 e. The third-order valence-corrected chi connectivity index (χ3v) is 5.08. The van der Waals surface area contributed by atoms with Gasteiger partial charge in [-0.05, 0) is 50.1 Å². The number of piperidine rings is 1. The van der Waals surface area contributed by atoms with Crippen LogP contribution in [0.5, 0.6) is 0 Å². The second kappa shape index (κ2) is 5.80. The molecule has 1 fully saturated rings. The molecule has 100 valence electrons. The average Bonchev–Trinajstić information content (AvgIpc) is 2.38. The molecule has 1 aliphatic rings. The Kier molecular flexibility index (Phi) is 4.35. The van der Waals surface area contributed by atoms with E-state index < -0.39 is 15.7 Å². The summed E-state index contributed by atoms with van der Waals surface area (Å²) < 4.78 is 36.8. The summed E-state index contributed by atoms with van der Waals surface area (Å²) in [5.41, 5.74) is 0. The Balaban J connectivity index is 1.96. The molecule has 2 rings (SSSR count). The van der Waals surface area contributed by atoms with E-state index in [1.807, 2.05) is 0 Å². The largest absolute Gasteiger partial charge is 0.314 e. The van der Waals surface area contributed by atoms with Gasteiger partial charge in [0.1, 0.15) is 5.82 Å². The maximum Gasteiger partial charge on any atom is 0.178 e. The Hall–Kier alpha value is -0.940. The van der Waals surface area contributed by atoms with Gasteiger partial charge < -0.3 is 5.32 Å². The van der Waals surface area contributed by atoms with E-state index in [0.717, 1.165) is 19.4 Å². The van der Waals surface area contributed by atoms with Gasteiger partial charge in [0.2, 0.25) is 0 Å². The molecule has 0 saturated carbocycles. The lowest BCUT2D eigenvalue weighted by Crippen LogP contribution is -2.35. The maximum absolute atomic E-state index is 12.7. The van der Waals surface area contributed by atoms with E-state index in [1.54, 1.807) is 0 Å². The van der Waals surface area contributed by atoms with Gasteiger partial charge in [-0.1, -0.05) is 6.42 Å². The minimum atomic E-state index is -3.28. The lowest BCUT2D eigenvalue weighted by Gasteiger charge is -2.23. The van der Waals surface area contributed by atoms with Crippen molar-refractivity contribution in [2.75, 3.05) is 12.3 Å². The molecule has 1 aromatic rings. The Labute approximate surface area is 107 Å². The van der Waals surface area contributed by atoms with Crippen molar-refractivity contribution >= 4 is 9.84 Å². The Morgan fingerprint density at radius 1 is 1.22 bits per heavy atom. The van der Waals surface area contributed by atoms with Gasteiger partial charge >= 0.3 is 0 Å². The van der Waals surface area contributed by atoms with Crippen LogP contribution in [0.25, 0.3) is 0 Å². The van der Waals surface area contributed by atoms with Gasteiger partial charge in [-0.2, -0.15) is 0 Å². The van der Waals surface area contributed by atoms with Gasteiger partial charge in [-0.25, -0.2) is 12.8 Å². The number of hydrogen-bond donors (Lipinski definition) is 1. The van der Waals surface area contributed by atoms with Crippen LogP contribution in [0, 0.1) is 5.82 Å². The summed E-state index contributed by atoms with van der Waals surface area (Å²) in [7, 11) is -3.28. The summed E-state index contributed by atoms with van der Waals surface area (Å²) in [6.07, 6.45) is 3.99. The second-order valence-electron chi connectivity index (χ2n) is 4.71. The van der Waals surface area contributed by atoms with Crippen molar-refractivity contribution < 1.29 is 12.8 Å². The summed E-state index contributed by atoms with van der Waals surface area (Å²) in [6, 6.07) is 5.34. The van der Waals surface area contributed by atoms with Crippen LogP contribution in [0.3, 0.4) is 0 Å². The van der Waals surface area contributed by atoms with Gasteiger partial charge in [0, 0.05) is 6.04 Å². The first-order valence-corrected chi connectivity index (χ1v) is 7.95. The van der Waals surface area contributed by atoms with Gasteiger partial charge in [-0.15, -0.1) is 0 Å². The normalized spacial score (nSPS) is 20.8. The first kappa shape index (κ1) is 13.5. The molecule has 3 nitrogen and oxygen atoms in total. The van der Waals surface area contributed by atoms with E-state index in [1.165, 1.54) is 30.7 Å². The van der Waals surface area contributed by atoms with Crippen molar-refractivity contribution in [3.8, 4) is 0 Å². The third kappa shape index (κ3) is 3.53. The van der Waals surface area contributed by atoms with Crippen molar-refractivity contribution in [3.05, 3.63) is 30.1 Å². The second-order valence-corrected chi connectivity index (χ2v) is 6.82. The van der Waals surface area contributed by atoms with Crippen molar-refractivity contribution in [1.82, 2.24) is 5.32 Å². The molecule has 1 aliphatic heterocycles. The Bertz CT molecular complexity index is 478. The molecule has 0 aromatic heterocycles.